The average Bonchev–Trinajstić information content (AvgIpc) is 3.29. The molecule has 0 radical (unpaired) electrons. The zero-order valence-electron chi connectivity index (χ0n) is 16.7. The second-order valence-electron chi connectivity index (χ2n) is 9.09. The van der Waals surface area contributed by atoms with Crippen LogP contribution in [0.1, 0.15) is 50.8 Å². The van der Waals surface area contributed by atoms with Crippen molar-refractivity contribution in [3.63, 3.8) is 0 Å². The number of fused-ring (bicyclic) bond motifs is 4. The molecule has 0 atom stereocenters. The van der Waals surface area contributed by atoms with E-state index < -0.39 is 0 Å². The summed E-state index contributed by atoms with van der Waals surface area (Å²) in [6, 6.07) is 8.87. The minimum Gasteiger partial charge on any atom is -0.376 e. The van der Waals surface area contributed by atoms with Crippen molar-refractivity contribution in [2.75, 3.05) is 5.32 Å². The number of benzene rings is 1. The van der Waals surface area contributed by atoms with E-state index in [4.69, 9.17) is 0 Å². The molecule has 1 aliphatic heterocycles. The molecule has 0 spiro atoms. The van der Waals surface area contributed by atoms with Crippen molar-refractivity contribution in [2.24, 2.45) is 0 Å². The molecule has 0 fully saturated rings. The normalized spacial score (nSPS) is 19.6. The third-order valence-corrected chi connectivity index (χ3v) is 6.75. The fraction of sp³-hybridized carbons (Fsp3) is 0.375. The number of anilines is 1. The summed E-state index contributed by atoms with van der Waals surface area (Å²) in [4.78, 5) is 0. The van der Waals surface area contributed by atoms with Crippen LogP contribution in [0.5, 0.6) is 0 Å². The van der Waals surface area contributed by atoms with Gasteiger partial charge in [-0.2, -0.15) is 5.10 Å². The highest BCUT2D eigenvalue weighted by Gasteiger charge is 2.43. The summed E-state index contributed by atoms with van der Waals surface area (Å²) in [6.45, 7) is 13.6. The first-order chi connectivity index (χ1) is 12.8. The zero-order chi connectivity index (χ0) is 19.0. The minimum atomic E-state index is -0.0974. The Bertz CT molecular complexity index is 1100. The Labute approximate surface area is 161 Å². The van der Waals surface area contributed by atoms with Gasteiger partial charge in [-0.3, -0.25) is 0 Å². The Balaban J connectivity index is 1.84. The maximum absolute atomic E-state index is 4.48. The predicted octanol–water partition coefficient (Wildman–Crippen LogP) is 5.53. The Morgan fingerprint density at radius 1 is 1.07 bits per heavy atom. The molecular formula is C24H27N3. The van der Waals surface area contributed by atoms with Crippen LogP contribution in [-0.2, 0) is 18.3 Å². The quantitative estimate of drug-likeness (QED) is 0.580. The van der Waals surface area contributed by atoms with E-state index in [1.54, 1.807) is 0 Å². The second-order valence-corrected chi connectivity index (χ2v) is 9.09. The van der Waals surface area contributed by atoms with E-state index >= 15 is 0 Å². The molecule has 2 aliphatic rings. The van der Waals surface area contributed by atoms with Crippen LogP contribution in [0.4, 0.5) is 5.69 Å². The molecule has 0 bridgehead atoms. The minimum absolute atomic E-state index is 0.0677. The highest BCUT2D eigenvalue weighted by molar-refractivity contribution is 5.87. The molecule has 1 N–H and O–H groups in total. The van der Waals surface area contributed by atoms with Crippen LogP contribution in [-0.4, -0.2) is 15.2 Å². The second kappa shape index (κ2) is 5.25. The SMILES string of the molecule is C=C1C(C)(C)Nc2c(cc(-c3cccn4nccc34)c3c2CCC3)C1(C)C. The molecular weight excluding hydrogens is 330 g/mol. The van der Waals surface area contributed by atoms with E-state index in [1.807, 2.05) is 16.9 Å². The van der Waals surface area contributed by atoms with Gasteiger partial charge in [0.25, 0.3) is 0 Å². The van der Waals surface area contributed by atoms with Crippen LogP contribution in [0.15, 0.2) is 48.8 Å². The molecule has 5 rings (SSSR count). The molecule has 3 heteroatoms. The van der Waals surface area contributed by atoms with E-state index in [0.29, 0.717) is 0 Å². The predicted molar refractivity (Wildman–Crippen MR) is 113 cm³/mol. The molecule has 1 aliphatic carbocycles. The summed E-state index contributed by atoms with van der Waals surface area (Å²) >= 11 is 0. The van der Waals surface area contributed by atoms with Crippen molar-refractivity contribution in [3.05, 3.63) is 65.5 Å². The summed E-state index contributed by atoms with van der Waals surface area (Å²) < 4.78 is 1.97. The standard InChI is InChI=1S/C24H27N3/c1-15-23(2,3)20-14-19(17-10-7-13-27-21(17)11-12-25-27)16-8-6-9-18(16)22(20)26-24(15,4)5/h7,10-14,26H,1,6,8-9H2,2-5H3. The Kier molecular flexibility index (Phi) is 3.23. The maximum Gasteiger partial charge on any atom is 0.0739 e. The summed E-state index contributed by atoms with van der Waals surface area (Å²) in [5, 5.41) is 8.27. The van der Waals surface area contributed by atoms with E-state index in [1.165, 1.54) is 51.0 Å². The van der Waals surface area contributed by atoms with Crippen LogP contribution >= 0.6 is 0 Å². The lowest BCUT2D eigenvalue weighted by atomic mass is 9.66. The van der Waals surface area contributed by atoms with Gasteiger partial charge in [0.05, 0.1) is 11.1 Å². The van der Waals surface area contributed by atoms with E-state index in [2.05, 4.69) is 69.0 Å². The third-order valence-electron chi connectivity index (χ3n) is 6.75. The summed E-state index contributed by atoms with van der Waals surface area (Å²) in [5.74, 6) is 0. The lowest BCUT2D eigenvalue weighted by Crippen LogP contribution is -2.46. The Morgan fingerprint density at radius 2 is 1.85 bits per heavy atom. The fourth-order valence-electron chi connectivity index (χ4n) is 5.17. The summed E-state index contributed by atoms with van der Waals surface area (Å²) in [5.41, 5.74) is 10.7. The molecule has 2 aromatic heterocycles. The van der Waals surface area contributed by atoms with Gasteiger partial charge in [0, 0.05) is 29.1 Å². The number of aromatic nitrogens is 2. The number of hydrogen-bond donors (Lipinski definition) is 1. The topological polar surface area (TPSA) is 29.3 Å². The first-order valence-corrected chi connectivity index (χ1v) is 9.91. The van der Waals surface area contributed by atoms with E-state index in [-0.39, 0.29) is 11.0 Å². The first kappa shape index (κ1) is 16.6. The lowest BCUT2D eigenvalue weighted by Gasteiger charge is -2.47. The molecule has 27 heavy (non-hydrogen) atoms. The van der Waals surface area contributed by atoms with Crippen molar-refractivity contribution in [1.29, 1.82) is 0 Å². The van der Waals surface area contributed by atoms with Gasteiger partial charge in [-0.15, -0.1) is 0 Å². The van der Waals surface area contributed by atoms with Crippen LogP contribution < -0.4 is 5.32 Å². The molecule has 0 saturated carbocycles. The van der Waals surface area contributed by atoms with Crippen molar-refractivity contribution in [1.82, 2.24) is 9.61 Å². The maximum atomic E-state index is 4.48. The number of nitrogens with one attached hydrogen (secondary N) is 1. The van der Waals surface area contributed by atoms with Crippen molar-refractivity contribution < 1.29 is 0 Å². The lowest BCUT2D eigenvalue weighted by molar-refractivity contribution is 0.489. The largest absolute Gasteiger partial charge is 0.376 e. The van der Waals surface area contributed by atoms with Crippen LogP contribution in [0.3, 0.4) is 0 Å². The van der Waals surface area contributed by atoms with Crippen molar-refractivity contribution >= 4 is 11.2 Å². The Morgan fingerprint density at radius 3 is 2.67 bits per heavy atom. The van der Waals surface area contributed by atoms with Gasteiger partial charge >= 0.3 is 0 Å². The van der Waals surface area contributed by atoms with Gasteiger partial charge in [-0.05, 0) is 79.1 Å². The average molecular weight is 358 g/mol. The van der Waals surface area contributed by atoms with E-state index in [0.717, 1.165) is 12.8 Å². The number of rotatable bonds is 1. The monoisotopic (exact) mass is 357 g/mol. The highest BCUT2D eigenvalue weighted by Crippen LogP contribution is 2.51. The molecule has 1 aromatic carbocycles. The van der Waals surface area contributed by atoms with Gasteiger partial charge in [-0.1, -0.05) is 26.5 Å². The molecule has 0 amide bonds. The van der Waals surface area contributed by atoms with Crippen LogP contribution in [0, 0.1) is 0 Å². The van der Waals surface area contributed by atoms with Gasteiger partial charge in [0.1, 0.15) is 0 Å². The smallest absolute Gasteiger partial charge is 0.0739 e. The third kappa shape index (κ3) is 2.17. The van der Waals surface area contributed by atoms with Crippen molar-refractivity contribution in [3.8, 4) is 11.1 Å². The highest BCUT2D eigenvalue weighted by atomic mass is 15.2. The fourth-order valence-corrected chi connectivity index (χ4v) is 5.17. The molecule has 0 saturated heterocycles. The van der Waals surface area contributed by atoms with Gasteiger partial charge < -0.3 is 5.32 Å². The molecule has 3 aromatic rings. The number of nitrogens with zero attached hydrogens (tertiary/aromatic N) is 2. The molecule has 3 heterocycles. The van der Waals surface area contributed by atoms with Crippen molar-refractivity contribution in [2.45, 2.75) is 57.9 Å². The molecule has 0 unspecified atom stereocenters. The molecule has 138 valence electrons. The van der Waals surface area contributed by atoms with Gasteiger partial charge in [0.2, 0.25) is 0 Å². The summed E-state index contributed by atoms with van der Waals surface area (Å²) in [6.07, 6.45) is 7.43. The zero-order valence-corrected chi connectivity index (χ0v) is 16.7. The number of pyridine rings is 1. The van der Waals surface area contributed by atoms with E-state index in [9.17, 15) is 0 Å². The van der Waals surface area contributed by atoms with Crippen LogP contribution in [0.2, 0.25) is 0 Å². The first-order valence-electron chi connectivity index (χ1n) is 9.91. The van der Waals surface area contributed by atoms with Gasteiger partial charge in [0.15, 0.2) is 0 Å². The Hall–Kier alpha value is -2.55. The van der Waals surface area contributed by atoms with Crippen LogP contribution in [0.25, 0.3) is 16.6 Å². The number of hydrogen-bond acceptors (Lipinski definition) is 2. The molecule has 3 nitrogen and oxygen atoms in total. The summed E-state index contributed by atoms with van der Waals surface area (Å²) in [7, 11) is 0. The van der Waals surface area contributed by atoms with Gasteiger partial charge in [-0.25, -0.2) is 4.52 Å².